The highest BCUT2D eigenvalue weighted by Crippen LogP contribution is 2.20. The number of rotatable bonds is 5. The standard InChI is InChI=1S/C14H18BrNO3/c15-11-7-10(14(17)18)8-12(9-11)16-5-4-13-3-1-2-6-19-13/h7-9,13,16H,1-6H2,(H,17,18). The van der Waals surface area contributed by atoms with Crippen LogP contribution in [0.5, 0.6) is 0 Å². The molecular weight excluding hydrogens is 310 g/mol. The molecule has 0 bridgehead atoms. The molecule has 1 heterocycles. The van der Waals surface area contributed by atoms with Crippen LogP contribution in [-0.2, 0) is 4.74 Å². The molecule has 1 fully saturated rings. The Balaban J connectivity index is 1.86. The van der Waals surface area contributed by atoms with Crippen LogP contribution in [0.25, 0.3) is 0 Å². The van der Waals surface area contributed by atoms with Gasteiger partial charge in [0.2, 0.25) is 0 Å². The van der Waals surface area contributed by atoms with E-state index in [0.29, 0.717) is 6.10 Å². The van der Waals surface area contributed by atoms with Crippen LogP contribution >= 0.6 is 15.9 Å². The van der Waals surface area contributed by atoms with Crippen LogP contribution in [0.3, 0.4) is 0 Å². The lowest BCUT2D eigenvalue weighted by Gasteiger charge is -2.22. The lowest BCUT2D eigenvalue weighted by molar-refractivity contribution is 0.0134. The summed E-state index contributed by atoms with van der Waals surface area (Å²) in [6.45, 7) is 1.66. The molecule has 1 aliphatic heterocycles. The molecule has 0 radical (unpaired) electrons. The van der Waals surface area contributed by atoms with E-state index in [0.717, 1.165) is 42.6 Å². The van der Waals surface area contributed by atoms with E-state index in [9.17, 15) is 4.79 Å². The van der Waals surface area contributed by atoms with E-state index in [-0.39, 0.29) is 5.56 Å². The molecule has 1 aromatic rings. The second-order valence-electron chi connectivity index (χ2n) is 4.74. The van der Waals surface area contributed by atoms with Gasteiger partial charge in [0, 0.05) is 23.3 Å². The minimum absolute atomic E-state index is 0.283. The van der Waals surface area contributed by atoms with Crippen molar-refractivity contribution in [2.75, 3.05) is 18.5 Å². The van der Waals surface area contributed by atoms with Gasteiger partial charge in [-0.2, -0.15) is 0 Å². The molecule has 2 rings (SSSR count). The number of ether oxygens (including phenoxy) is 1. The van der Waals surface area contributed by atoms with E-state index in [2.05, 4.69) is 21.2 Å². The third-order valence-electron chi connectivity index (χ3n) is 3.21. The molecule has 0 aromatic heterocycles. The quantitative estimate of drug-likeness (QED) is 0.868. The molecule has 1 unspecified atom stereocenters. The number of carboxylic acid groups (broad SMARTS) is 1. The largest absolute Gasteiger partial charge is 0.478 e. The molecule has 0 saturated carbocycles. The van der Waals surface area contributed by atoms with Gasteiger partial charge in [-0.3, -0.25) is 0 Å². The topological polar surface area (TPSA) is 58.6 Å². The number of anilines is 1. The van der Waals surface area contributed by atoms with Gasteiger partial charge in [0.1, 0.15) is 0 Å². The Kier molecular flexibility index (Phi) is 5.22. The zero-order valence-corrected chi connectivity index (χ0v) is 12.3. The summed E-state index contributed by atoms with van der Waals surface area (Å²) in [7, 11) is 0. The van der Waals surface area contributed by atoms with Crippen molar-refractivity contribution in [3.63, 3.8) is 0 Å². The van der Waals surface area contributed by atoms with Crippen molar-refractivity contribution in [2.24, 2.45) is 0 Å². The Morgan fingerprint density at radius 2 is 2.26 bits per heavy atom. The highest BCUT2D eigenvalue weighted by molar-refractivity contribution is 9.10. The lowest BCUT2D eigenvalue weighted by Crippen LogP contribution is -2.22. The summed E-state index contributed by atoms with van der Waals surface area (Å²) >= 11 is 3.32. The van der Waals surface area contributed by atoms with Crippen molar-refractivity contribution in [1.29, 1.82) is 0 Å². The second kappa shape index (κ2) is 6.91. The van der Waals surface area contributed by atoms with Crippen molar-refractivity contribution in [3.8, 4) is 0 Å². The average Bonchev–Trinajstić information content (AvgIpc) is 2.39. The highest BCUT2D eigenvalue weighted by Gasteiger charge is 2.13. The number of benzene rings is 1. The summed E-state index contributed by atoms with van der Waals surface area (Å²) in [5.41, 5.74) is 1.10. The fraction of sp³-hybridized carbons (Fsp3) is 0.500. The minimum Gasteiger partial charge on any atom is -0.478 e. The predicted molar refractivity (Wildman–Crippen MR) is 77.8 cm³/mol. The number of carboxylic acids is 1. The van der Waals surface area contributed by atoms with E-state index in [1.807, 2.05) is 6.07 Å². The van der Waals surface area contributed by atoms with Crippen LogP contribution in [0.4, 0.5) is 5.69 Å². The molecule has 1 atom stereocenters. The summed E-state index contributed by atoms with van der Waals surface area (Å²) in [6, 6.07) is 5.13. The van der Waals surface area contributed by atoms with Crippen LogP contribution < -0.4 is 5.32 Å². The van der Waals surface area contributed by atoms with E-state index < -0.39 is 5.97 Å². The van der Waals surface area contributed by atoms with Crippen molar-refractivity contribution >= 4 is 27.6 Å². The maximum Gasteiger partial charge on any atom is 0.335 e. The first-order chi connectivity index (χ1) is 9.15. The van der Waals surface area contributed by atoms with Crippen molar-refractivity contribution in [1.82, 2.24) is 0 Å². The molecule has 1 aromatic carbocycles. The van der Waals surface area contributed by atoms with Crippen LogP contribution in [0, 0.1) is 0 Å². The Morgan fingerprint density at radius 1 is 1.42 bits per heavy atom. The van der Waals surface area contributed by atoms with Gasteiger partial charge in [0.15, 0.2) is 0 Å². The van der Waals surface area contributed by atoms with E-state index in [1.54, 1.807) is 12.1 Å². The first kappa shape index (κ1) is 14.3. The predicted octanol–water partition coefficient (Wildman–Crippen LogP) is 3.52. The fourth-order valence-corrected chi connectivity index (χ4v) is 2.72. The Hall–Kier alpha value is -1.07. The number of hydrogen-bond donors (Lipinski definition) is 2. The number of aromatic carboxylic acids is 1. The summed E-state index contributed by atoms with van der Waals surface area (Å²) in [6.07, 6.45) is 4.82. The molecule has 0 spiro atoms. The van der Waals surface area contributed by atoms with Crippen molar-refractivity contribution < 1.29 is 14.6 Å². The third kappa shape index (κ3) is 4.51. The monoisotopic (exact) mass is 327 g/mol. The number of nitrogens with one attached hydrogen (secondary N) is 1. The van der Waals surface area contributed by atoms with E-state index in [1.165, 1.54) is 6.42 Å². The molecule has 2 N–H and O–H groups in total. The normalized spacial score (nSPS) is 19.1. The van der Waals surface area contributed by atoms with Gasteiger partial charge in [-0.05, 0) is 43.9 Å². The minimum atomic E-state index is -0.917. The molecule has 0 amide bonds. The Labute approximate surface area is 121 Å². The van der Waals surface area contributed by atoms with E-state index in [4.69, 9.17) is 9.84 Å². The zero-order chi connectivity index (χ0) is 13.7. The van der Waals surface area contributed by atoms with E-state index >= 15 is 0 Å². The fourth-order valence-electron chi connectivity index (χ4n) is 2.23. The Morgan fingerprint density at radius 3 is 2.95 bits per heavy atom. The van der Waals surface area contributed by atoms with Crippen molar-refractivity contribution in [3.05, 3.63) is 28.2 Å². The van der Waals surface area contributed by atoms with Crippen LogP contribution in [0.15, 0.2) is 22.7 Å². The van der Waals surface area contributed by atoms with Crippen LogP contribution in [0.2, 0.25) is 0 Å². The molecule has 19 heavy (non-hydrogen) atoms. The number of hydrogen-bond acceptors (Lipinski definition) is 3. The van der Waals surface area contributed by atoms with Gasteiger partial charge in [-0.15, -0.1) is 0 Å². The Bertz CT molecular complexity index is 444. The maximum absolute atomic E-state index is 11.0. The molecule has 1 aliphatic rings. The average molecular weight is 328 g/mol. The summed E-state index contributed by atoms with van der Waals surface area (Å²) in [5, 5.41) is 12.2. The van der Waals surface area contributed by atoms with Gasteiger partial charge in [0.25, 0.3) is 0 Å². The smallest absolute Gasteiger partial charge is 0.335 e. The van der Waals surface area contributed by atoms with Gasteiger partial charge in [-0.25, -0.2) is 4.79 Å². The first-order valence-electron chi connectivity index (χ1n) is 6.54. The van der Waals surface area contributed by atoms with Gasteiger partial charge < -0.3 is 15.2 Å². The molecule has 104 valence electrons. The number of carbonyl (C=O) groups is 1. The van der Waals surface area contributed by atoms with Gasteiger partial charge in [-0.1, -0.05) is 15.9 Å². The molecule has 5 heteroatoms. The van der Waals surface area contributed by atoms with Gasteiger partial charge in [0.05, 0.1) is 11.7 Å². The highest BCUT2D eigenvalue weighted by atomic mass is 79.9. The second-order valence-corrected chi connectivity index (χ2v) is 5.65. The summed E-state index contributed by atoms with van der Waals surface area (Å²) in [5.74, 6) is -0.917. The summed E-state index contributed by atoms with van der Waals surface area (Å²) < 4.78 is 6.43. The SMILES string of the molecule is O=C(O)c1cc(Br)cc(NCCC2CCCCO2)c1. The zero-order valence-electron chi connectivity index (χ0n) is 10.7. The molecular formula is C14H18BrNO3. The van der Waals surface area contributed by atoms with Crippen LogP contribution in [-0.4, -0.2) is 30.3 Å². The molecule has 4 nitrogen and oxygen atoms in total. The molecule has 0 aliphatic carbocycles. The molecule has 1 saturated heterocycles. The van der Waals surface area contributed by atoms with Crippen molar-refractivity contribution in [2.45, 2.75) is 31.8 Å². The summed E-state index contributed by atoms with van der Waals surface area (Å²) in [4.78, 5) is 11.0. The maximum atomic E-state index is 11.0. The lowest BCUT2D eigenvalue weighted by atomic mass is 10.1. The first-order valence-corrected chi connectivity index (χ1v) is 7.34. The number of halogens is 1. The van der Waals surface area contributed by atoms with Gasteiger partial charge >= 0.3 is 5.97 Å². The third-order valence-corrected chi connectivity index (χ3v) is 3.67. The van der Waals surface area contributed by atoms with Crippen LogP contribution in [0.1, 0.15) is 36.0 Å².